The zero-order valence-corrected chi connectivity index (χ0v) is 9.94. The van der Waals surface area contributed by atoms with Gasteiger partial charge in [-0.15, -0.1) is 0 Å². The molecule has 3 heteroatoms. The molecule has 0 aliphatic carbocycles. The quantitative estimate of drug-likeness (QED) is 0.728. The molecular weight excluding hydrogens is 204 g/mol. The molecule has 0 aliphatic heterocycles. The van der Waals surface area contributed by atoms with Crippen molar-refractivity contribution in [3.05, 3.63) is 29.3 Å². The van der Waals surface area contributed by atoms with Crippen LogP contribution in [-0.4, -0.2) is 23.4 Å². The lowest BCUT2D eigenvalue weighted by molar-refractivity contribution is 0.189. The minimum absolute atomic E-state index is 0.195. The van der Waals surface area contributed by atoms with Gasteiger partial charge < -0.3 is 14.9 Å². The van der Waals surface area contributed by atoms with Crippen molar-refractivity contribution in [3.8, 4) is 5.75 Å². The van der Waals surface area contributed by atoms with Crippen LogP contribution in [0.3, 0.4) is 0 Å². The smallest absolute Gasteiger partial charge is 0.125 e. The SMILES string of the molecule is Cc1ccc(C(C)O)c(OCCCCO)c1. The second-order valence-electron chi connectivity index (χ2n) is 4.00. The van der Waals surface area contributed by atoms with Crippen LogP contribution in [0.15, 0.2) is 18.2 Å². The standard InChI is InChI=1S/C13H20O3/c1-10-5-6-12(11(2)15)13(9-10)16-8-4-3-7-14/h5-6,9,11,14-15H,3-4,7-8H2,1-2H3. The first kappa shape index (κ1) is 13.0. The van der Waals surface area contributed by atoms with Gasteiger partial charge in [0.1, 0.15) is 5.75 Å². The lowest BCUT2D eigenvalue weighted by Crippen LogP contribution is -2.03. The number of hydrogen-bond acceptors (Lipinski definition) is 3. The van der Waals surface area contributed by atoms with Crippen LogP contribution in [0.4, 0.5) is 0 Å². The van der Waals surface area contributed by atoms with Crippen molar-refractivity contribution < 1.29 is 14.9 Å². The molecule has 0 bridgehead atoms. The third-order valence-corrected chi connectivity index (χ3v) is 2.43. The molecule has 0 amide bonds. The molecule has 2 N–H and O–H groups in total. The summed E-state index contributed by atoms with van der Waals surface area (Å²) >= 11 is 0. The van der Waals surface area contributed by atoms with Gasteiger partial charge in [-0.3, -0.25) is 0 Å². The monoisotopic (exact) mass is 224 g/mol. The second-order valence-corrected chi connectivity index (χ2v) is 4.00. The molecule has 1 rings (SSSR count). The highest BCUT2D eigenvalue weighted by Gasteiger charge is 2.08. The van der Waals surface area contributed by atoms with Gasteiger partial charge in [-0.25, -0.2) is 0 Å². The first-order valence-corrected chi connectivity index (χ1v) is 5.67. The first-order chi connectivity index (χ1) is 7.65. The van der Waals surface area contributed by atoms with Crippen LogP contribution in [0.1, 0.15) is 37.0 Å². The third kappa shape index (κ3) is 3.83. The van der Waals surface area contributed by atoms with E-state index in [-0.39, 0.29) is 6.61 Å². The molecule has 0 aromatic heterocycles. The van der Waals surface area contributed by atoms with E-state index in [1.165, 1.54) is 0 Å². The number of aliphatic hydroxyl groups is 2. The minimum atomic E-state index is -0.520. The Hall–Kier alpha value is -1.06. The summed E-state index contributed by atoms with van der Waals surface area (Å²) in [5, 5.41) is 18.2. The van der Waals surface area contributed by atoms with Crippen LogP contribution in [0, 0.1) is 6.92 Å². The summed E-state index contributed by atoms with van der Waals surface area (Å²) in [6.07, 6.45) is 1.05. The summed E-state index contributed by atoms with van der Waals surface area (Å²) in [5.41, 5.74) is 1.93. The van der Waals surface area contributed by atoms with Crippen molar-refractivity contribution in [2.75, 3.05) is 13.2 Å². The molecule has 0 saturated carbocycles. The molecule has 1 unspecified atom stereocenters. The van der Waals surface area contributed by atoms with Crippen molar-refractivity contribution in [2.24, 2.45) is 0 Å². The van der Waals surface area contributed by atoms with E-state index in [4.69, 9.17) is 9.84 Å². The summed E-state index contributed by atoms with van der Waals surface area (Å²) in [5.74, 6) is 0.743. The average Bonchev–Trinajstić information content (AvgIpc) is 2.24. The molecule has 90 valence electrons. The first-order valence-electron chi connectivity index (χ1n) is 5.67. The van der Waals surface area contributed by atoms with Gasteiger partial charge in [-0.1, -0.05) is 12.1 Å². The number of aliphatic hydroxyl groups excluding tert-OH is 2. The Balaban J connectivity index is 2.65. The zero-order chi connectivity index (χ0) is 12.0. The van der Waals surface area contributed by atoms with Crippen molar-refractivity contribution in [1.29, 1.82) is 0 Å². The summed E-state index contributed by atoms with van der Waals surface area (Å²) in [6, 6.07) is 5.78. The summed E-state index contributed by atoms with van der Waals surface area (Å²) < 4.78 is 5.61. The third-order valence-electron chi connectivity index (χ3n) is 2.43. The van der Waals surface area contributed by atoms with Gasteiger partial charge in [-0.2, -0.15) is 0 Å². The fourth-order valence-electron chi connectivity index (χ4n) is 1.51. The molecule has 0 spiro atoms. The Morgan fingerprint density at radius 1 is 1.31 bits per heavy atom. The minimum Gasteiger partial charge on any atom is -0.493 e. The van der Waals surface area contributed by atoms with Crippen LogP contribution in [0.2, 0.25) is 0 Å². The van der Waals surface area contributed by atoms with Gasteiger partial charge in [0, 0.05) is 12.2 Å². The van der Waals surface area contributed by atoms with Gasteiger partial charge in [0.15, 0.2) is 0 Å². The number of aryl methyl sites for hydroxylation is 1. The Morgan fingerprint density at radius 3 is 2.69 bits per heavy atom. The van der Waals surface area contributed by atoms with E-state index >= 15 is 0 Å². The molecule has 1 atom stereocenters. The maximum atomic E-state index is 9.58. The van der Waals surface area contributed by atoms with Crippen molar-refractivity contribution in [2.45, 2.75) is 32.8 Å². The molecule has 0 saturated heterocycles. The fraction of sp³-hybridized carbons (Fsp3) is 0.538. The zero-order valence-electron chi connectivity index (χ0n) is 9.94. The number of rotatable bonds is 6. The highest BCUT2D eigenvalue weighted by molar-refractivity contribution is 5.38. The molecule has 0 aliphatic rings. The molecule has 16 heavy (non-hydrogen) atoms. The summed E-state index contributed by atoms with van der Waals surface area (Å²) in [6.45, 7) is 4.49. The number of ether oxygens (including phenoxy) is 1. The van der Waals surface area contributed by atoms with Gasteiger partial charge in [-0.05, 0) is 38.3 Å². The molecular formula is C13H20O3. The largest absolute Gasteiger partial charge is 0.493 e. The number of hydrogen-bond donors (Lipinski definition) is 2. The maximum Gasteiger partial charge on any atom is 0.125 e. The van der Waals surface area contributed by atoms with E-state index in [2.05, 4.69) is 0 Å². The molecule has 3 nitrogen and oxygen atoms in total. The van der Waals surface area contributed by atoms with Crippen LogP contribution < -0.4 is 4.74 Å². The van der Waals surface area contributed by atoms with Crippen LogP contribution in [0.5, 0.6) is 5.75 Å². The van der Waals surface area contributed by atoms with E-state index < -0.39 is 6.10 Å². The predicted octanol–water partition coefficient (Wildman–Crippen LogP) is 2.20. The van der Waals surface area contributed by atoms with Gasteiger partial charge in [0.2, 0.25) is 0 Å². The Labute approximate surface area is 96.7 Å². The van der Waals surface area contributed by atoms with Gasteiger partial charge >= 0.3 is 0 Å². The van der Waals surface area contributed by atoms with Crippen LogP contribution in [-0.2, 0) is 0 Å². The maximum absolute atomic E-state index is 9.58. The second kappa shape index (κ2) is 6.51. The highest BCUT2D eigenvalue weighted by atomic mass is 16.5. The van der Waals surface area contributed by atoms with Crippen LogP contribution >= 0.6 is 0 Å². The van der Waals surface area contributed by atoms with E-state index in [0.29, 0.717) is 6.61 Å². The lowest BCUT2D eigenvalue weighted by Gasteiger charge is -2.14. The average molecular weight is 224 g/mol. The Bertz CT molecular complexity index is 321. The molecule has 0 fully saturated rings. The highest BCUT2D eigenvalue weighted by Crippen LogP contribution is 2.26. The van der Waals surface area contributed by atoms with Crippen molar-refractivity contribution in [1.82, 2.24) is 0 Å². The summed E-state index contributed by atoms with van der Waals surface area (Å²) in [4.78, 5) is 0. The number of unbranched alkanes of at least 4 members (excludes halogenated alkanes) is 1. The Morgan fingerprint density at radius 2 is 2.06 bits per heavy atom. The van der Waals surface area contributed by atoms with Crippen molar-refractivity contribution in [3.63, 3.8) is 0 Å². The predicted molar refractivity (Wildman–Crippen MR) is 63.6 cm³/mol. The fourth-order valence-corrected chi connectivity index (χ4v) is 1.51. The topological polar surface area (TPSA) is 49.7 Å². The van der Waals surface area contributed by atoms with Gasteiger partial charge in [0.25, 0.3) is 0 Å². The van der Waals surface area contributed by atoms with E-state index in [9.17, 15) is 5.11 Å². The molecule has 0 heterocycles. The van der Waals surface area contributed by atoms with E-state index in [1.807, 2.05) is 25.1 Å². The number of benzene rings is 1. The molecule has 0 radical (unpaired) electrons. The molecule has 1 aromatic carbocycles. The van der Waals surface area contributed by atoms with Crippen molar-refractivity contribution >= 4 is 0 Å². The lowest BCUT2D eigenvalue weighted by atomic mass is 10.1. The van der Waals surface area contributed by atoms with Crippen LogP contribution in [0.25, 0.3) is 0 Å². The Kier molecular flexibility index (Phi) is 5.29. The normalized spacial score (nSPS) is 12.5. The van der Waals surface area contributed by atoms with Gasteiger partial charge in [0.05, 0.1) is 12.7 Å². The molecule has 1 aromatic rings. The van der Waals surface area contributed by atoms with E-state index in [0.717, 1.165) is 29.7 Å². The van der Waals surface area contributed by atoms with E-state index in [1.54, 1.807) is 6.92 Å². The summed E-state index contributed by atoms with van der Waals surface area (Å²) in [7, 11) is 0.